The molecule has 1 aliphatic rings. The average molecular weight is 341 g/mol. The molecule has 1 saturated heterocycles. The van der Waals surface area contributed by atoms with E-state index in [2.05, 4.69) is 5.32 Å². The minimum Gasteiger partial charge on any atom is -0.379 e. The highest BCUT2D eigenvalue weighted by Gasteiger charge is 2.28. The lowest BCUT2D eigenvalue weighted by Gasteiger charge is -2.28. The zero-order chi connectivity index (χ0) is 18.0. The predicted molar refractivity (Wildman–Crippen MR) is 96.8 cm³/mol. The van der Waals surface area contributed by atoms with Gasteiger partial charge < -0.3 is 15.0 Å². The van der Waals surface area contributed by atoms with Gasteiger partial charge in [-0.3, -0.25) is 9.59 Å². The molecule has 1 rings (SSSR count). The molecule has 1 heterocycles. The fourth-order valence-corrected chi connectivity index (χ4v) is 3.02. The molecule has 24 heavy (non-hydrogen) atoms. The van der Waals surface area contributed by atoms with Crippen LogP contribution in [0.2, 0.25) is 0 Å². The molecule has 0 atom stereocenters. The zero-order valence-electron chi connectivity index (χ0n) is 16.0. The number of nitrogens with one attached hydrogen (secondary N) is 1. The summed E-state index contributed by atoms with van der Waals surface area (Å²) in [5, 5.41) is 2.93. The maximum Gasteiger partial charge on any atom is 0.223 e. The van der Waals surface area contributed by atoms with Gasteiger partial charge in [-0.1, -0.05) is 26.7 Å². The Morgan fingerprint density at radius 1 is 1.08 bits per heavy atom. The Morgan fingerprint density at radius 3 is 2.29 bits per heavy atom. The molecule has 0 saturated carbocycles. The number of likely N-dealkylation sites (tertiary alicyclic amines) is 1. The smallest absolute Gasteiger partial charge is 0.223 e. The summed E-state index contributed by atoms with van der Waals surface area (Å²) in [5.74, 6) is 0.216. The van der Waals surface area contributed by atoms with Gasteiger partial charge in [-0.25, -0.2) is 0 Å². The second kappa shape index (κ2) is 10.7. The van der Waals surface area contributed by atoms with Crippen molar-refractivity contribution < 1.29 is 14.3 Å². The summed E-state index contributed by atoms with van der Waals surface area (Å²) in [6.45, 7) is 11.0. The van der Waals surface area contributed by atoms with Crippen LogP contribution in [0.1, 0.15) is 72.6 Å². The summed E-state index contributed by atoms with van der Waals surface area (Å²) in [6, 6.07) is 0. The quantitative estimate of drug-likeness (QED) is 0.656. The van der Waals surface area contributed by atoms with E-state index < -0.39 is 0 Å². The monoisotopic (exact) mass is 340 g/mol. The minimum absolute atomic E-state index is 0.0215. The van der Waals surface area contributed by atoms with E-state index in [9.17, 15) is 9.59 Å². The van der Waals surface area contributed by atoms with E-state index in [0.717, 1.165) is 32.4 Å². The van der Waals surface area contributed by atoms with Crippen molar-refractivity contribution >= 4 is 11.8 Å². The first kappa shape index (κ1) is 20.9. The normalized spacial score (nSPS) is 16.1. The molecule has 0 unspecified atom stereocenters. The van der Waals surface area contributed by atoms with Gasteiger partial charge in [0.15, 0.2) is 0 Å². The van der Waals surface area contributed by atoms with Crippen LogP contribution in [0, 0.1) is 5.41 Å². The number of ether oxygens (including phenoxy) is 1. The zero-order valence-corrected chi connectivity index (χ0v) is 16.0. The molecular weight excluding hydrogens is 304 g/mol. The van der Waals surface area contributed by atoms with Crippen molar-refractivity contribution in [2.24, 2.45) is 5.41 Å². The van der Waals surface area contributed by atoms with E-state index in [1.807, 2.05) is 32.6 Å². The van der Waals surface area contributed by atoms with Crippen molar-refractivity contribution in [2.75, 3.05) is 26.2 Å². The van der Waals surface area contributed by atoms with Gasteiger partial charge in [-0.15, -0.1) is 0 Å². The second-order valence-corrected chi connectivity index (χ2v) is 7.94. The van der Waals surface area contributed by atoms with Gasteiger partial charge in [0.1, 0.15) is 0 Å². The standard InChI is InChI=1S/C19H36N2O3/c1-16(2)24-13-9-10-20-17(22)14-19(3,4)15-18(23)21-11-7-5-6-8-12-21/h16H,5-15H2,1-4H3,(H,20,22). The van der Waals surface area contributed by atoms with Crippen molar-refractivity contribution in [1.82, 2.24) is 10.2 Å². The summed E-state index contributed by atoms with van der Waals surface area (Å²) >= 11 is 0. The lowest BCUT2D eigenvalue weighted by Crippen LogP contribution is -2.37. The third kappa shape index (κ3) is 9.26. The largest absolute Gasteiger partial charge is 0.379 e. The van der Waals surface area contributed by atoms with Crippen LogP contribution in [0.4, 0.5) is 0 Å². The van der Waals surface area contributed by atoms with Gasteiger partial charge >= 0.3 is 0 Å². The van der Waals surface area contributed by atoms with Gasteiger partial charge in [0.25, 0.3) is 0 Å². The Balaban J connectivity index is 2.28. The Labute approximate surface area is 147 Å². The topological polar surface area (TPSA) is 58.6 Å². The highest BCUT2D eigenvalue weighted by Crippen LogP contribution is 2.26. The number of carbonyl (C=O) groups is 2. The number of nitrogens with zero attached hydrogens (tertiary/aromatic N) is 1. The Morgan fingerprint density at radius 2 is 1.71 bits per heavy atom. The van der Waals surface area contributed by atoms with E-state index in [0.29, 0.717) is 26.0 Å². The van der Waals surface area contributed by atoms with Crippen LogP contribution < -0.4 is 5.32 Å². The van der Waals surface area contributed by atoms with Crippen molar-refractivity contribution in [3.05, 3.63) is 0 Å². The number of carbonyl (C=O) groups excluding carboxylic acids is 2. The molecule has 1 aliphatic heterocycles. The van der Waals surface area contributed by atoms with E-state index >= 15 is 0 Å². The number of rotatable bonds is 9. The van der Waals surface area contributed by atoms with Crippen molar-refractivity contribution in [1.29, 1.82) is 0 Å². The predicted octanol–water partition coefficient (Wildman–Crippen LogP) is 3.13. The van der Waals surface area contributed by atoms with Crippen LogP contribution in [0.3, 0.4) is 0 Å². The molecule has 0 radical (unpaired) electrons. The summed E-state index contributed by atoms with van der Waals surface area (Å²) in [4.78, 5) is 26.6. The summed E-state index contributed by atoms with van der Waals surface area (Å²) in [6.07, 6.45) is 6.51. The molecule has 0 aromatic carbocycles. The van der Waals surface area contributed by atoms with Crippen molar-refractivity contribution in [2.45, 2.75) is 78.7 Å². The Hall–Kier alpha value is -1.10. The van der Waals surface area contributed by atoms with E-state index in [4.69, 9.17) is 4.74 Å². The average Bonchev–Trinajstić information content (AvgIpc) is 2.74. The third-order valence-corrected chi connectivity index (χ3v) is 4.32. The molecule has 0 aliphatic carbocycles. The molecule has 0 aromatic heterocycles. The first-order chi connectivity index (χ1) is 11.3. The molecule has 1 N–H and O–H groups in total. The summed E-state index contributed by atoms with van der Waals surface area (Å²) < 4.78 is 5.45. The van der Waals surface area contributed by atoms with Crippen LogP contribution >= 0.6 is 0 Å². The highest BCUT2D eigenvalue weighted by atomic mass is 16.5. The molecule has 140 valence electrons. The van der Waals surface area contributed by atoms with Crippen molar-refractivity contribution in [3.8, 4) is 0 Å². The minimum atomic E-state index is -0.304. The van der Waals surface area contributed by atoms with Crippen molar-refractivity contribution in [3.63, 3.8) is 0 Å². The van der Waals surface area contributed by atoms with E-state index in [-0.39, 0.29) is 23.3 Å². The fourth-order valence-electron chi connectivity index (χ4n) is 3.02. The van der Waals surface area contributed by atoms with E-state index in [1.54, 1.807) is 0 Å². The number of hydrogen-bond acceptors (Lipinski definition) is 3. The fraction of sp³-hybridized carbons (Fsp3) is 0.895. The number of hydrogen-bond donors (Lipinski definition) is 1. The third-order valence-electron chi connectivity index (χ3n) is 4.32. The van der Waals surface area contributed by atoms with E-state index in [1.165, 1.54) is 12.8 Å². The Kier molecular flexibility index (Phi) is 9.34. The SMILES string of the molecule is CC(C)OCCCNC(=O)CC(C)(C)CC(=O)N1CCCCCC1. The summed E-state index contributed by atoms with van der Waals surface area (Å²) in [7, 11) is 0. The van der Waals surface area contributed by atoms with Gasteiger partial charge in [0.2, 0.25) is 11.8 Å². The molecule has 0 spiro atoms. The molecule has 0 bridgehead atoms. The number of amides is 2. The molecule has 0 aromatic rings. The van der Waals surface area contributed by atoms with Gasteiger partial charge in [0.05, 0.1) is 6.10 Å². The first-order valence-corrected chi connectivity index (χ1v) is 9.46. The maximum absolute atomic E-state index is 12.5. The van der Waals surface area contributed by atoms with Crippen LogP contribution in [-0.4, -0.2) is 49.1 Å². The molecule has 1 fully saturated rings. The first-order valence-electron chi connectivity index (χ1n) is 9.46. The van der Waals surface area contributed by atoms with Crippen LogP contribution in [0.15, 0.2) is 0 Å². The van der Waals surface area contributed by atoms with Crippen LogP contribution in [-0.2, 0) is 14.3 Å². The van der Waals surface area contributed by atoms with Crippen LogP contribution in [0.25, 0.3) is 0 Å². The van der Waals surface area contributed by atoms with Gasteiger partial charge in [0, 0.05) is 39.1 Å². The lowest BCUT2D eigenvalue weighted by atomic mass is 9.84. The molecule has 5 nitrogen and oxygen atoms in total. The molecular formula is C19H36N2O3. The maximum atomic E-state index is 12.5. The van der Waals surface area contributed by atoms with Crippen LogP contribution in [0.5, 0.6) is 0 Å². The summed E-state index contributed by atoms with van der Waals surface area (Å²) in [5.41, 5.74) is -0.304. The second-order valence-electron chi connectivity index (χ2n) is 7.94. The Bertz CT molecular complexity index is 386. The lowest BCUT2D eigenvalue weighted by molar-refractivity contribution is -0.134. The molecule has 2 amide bonds. The van der Waals surface area contributed by atoms with Gasteiger partial charge in [-0.2, -0.15) is 0 Å². The van der Waals surface area contributed by atoms with Gasteiger partial charge in [-0.05, 0) is 38.5 Å². The highest BCUT2D eigenvalue weighted by molar-refractivity contribution is 5.80. The molecule has 5 heteroatoms.